The molecule has 110 valence electrons. The Hall–Kier alpha value is -1.39. The molecule has 0 amide bonds. The third kappa shape index (κ3) is 3.38. The number of likely N-dealkylation sites (N-methyl/N-ethyl adjacent to an activating group) is 2. The second kappa shape index (κ2) is 6.86. The molecule has 0 aliphatic carbocycles. The Kier molecular flexibility index (Phi) is 5.15. The van der Waals surface area contributed by atoms with E-state index in [2.05, 4.69) is 54.0 Å². The van der Waals surface area contributed by atoms with Crippen LogP contribution < -0.4 is 5.32 Å². The quantitative estimate of drug-likeness (QED) is 0.837. The highest BCUT2D eigenvalue weighted by Crippen LogP contribution is 2.19. The van der Waals surface area contributed by atoms with Gasteiger partial charge in [-0.15, -0.1) is 0 Å². The van der Waals surface area contributed by atoms with Crippen LogP contribution in [0.3, 0.4) is 0 Å². The number of imidazole rings is 1. The van der Waals surface area contributed by atoms with Crippen molar-refractivity contribution in [2.45, 2.75) is 26.3 Å². The molecule has 0 saturated carbocycles. The lowest BCUT2D eigenvalue weighted by Gasteiger charge is -2.13. The Bertz CT molecular complexity index is 557. The predicted octanol–water partition coefficient (Wildman–Crippen LogP) is 1.92. The van der Waals surface area contributed by atoms with Crippen LogP contribution in [0, 0.1) is 0 Å². The van der Waals surface area contributed by atoms with Gasteiger partial charge < -0.3 is 14.8 Å². The molecule has 2 rings (SSSR count). The maximum absolute atomic E-state index is 4.84. The van der Waals surface area contributed by atoms with Crippen LogP contribution in [0.4, 0.5) is 0 Å². The van der Waals surface area contributed by atoms with Gasteiger partial charge in [-0.2, -0.15) is 0 Å². The number of hydrogen-bond donors (Lipinski definition) is 1. The highest BCUT2D eigenvalue weighted by molar-refractivity contribution is 5.77. The average molecular weight is 274 g/mol. The van der Waals surface area contributed by atoms with Gasteiger partial charge in [0.2, 0.25) is 0 Å². The molecular weight excluding hydrogens is 248 g/mol. The van der Waals surface area contributed by atoms with Crippen LogP contribution in [0.2, 0.25) is 0 Å². The summed E-state index contributed by atoms with van der Waals surface area (Å²) in [7, 11) is 6.21. The Morgan fingerprint density at radius 3 is 2.75 bits per heavy atom. The van der Waals surface area contributed by atoms with Crippen molar-refractivity contribution in [2.75, 3.05) is 34.2 Å². The molecule has 0 fully saturated rings. The van der Waals surface area contributed by atoms with Crippen molar-refractivity contribution in [1.82, 2.24) is 19.8 Å². The van der Waals surface area contributed by atoms with Crippen LogP contribution in [0.5, 0.6) is 0 Å². The molecule has 2 aromatic rings. The molecule has 1 N–H and O–H groups in total. The van der Waals surface area contributed by atoms with Gasteiger partial charge in [0.15, 0.2) is 0 Å². The molecule has 0 bridgehead atoms. The van der Waals surface area contributed by atoms with Crippen LogP contribution in [-0.2, 0) is 19.4 Å². The van der Waals surface area contributed by atoms with Gasteiger partial charge in [-0.05, 0) is 45.3 Å². The first-order valence-electron chi connectivity index (χ1n) is 7.43. The first-order chi connectivity index (χ1) is 9.65. The summed E-state index contributed by atoms with van der Waals surface area (Å²) in [5.74, 6) is 1.18. The molecule has 0 spiro atoms. The summed E-state index contributed by atoms with van der Waals surface area (Å²) in [6.45, 7) is 5.18. The Balaban J connectivity index is 2.37. The van der Waals surface area contributed by atoms with Gasteiger partial charge >= 0.3 is 0 Å². The summed E-state index contributed by atoms with van der Waals surface area (Å²) in [6.07, 6.45) is 2.03. The third-order valence-corrected chi connectivity index (χ3v) is 3.67. The minimum Gasteiger partial charge on any atom is -0.327 e. The van der Waals surface area contributed by atoms with Crippen LogP contribution >= 0.6 is 0 Å². The van der Waals surface area contributed by atoms with Crippen molar-refractivity contribution in [3.05, 3.63) is 29.6 Å². The van der Waals surface area contributed by atoms with E-state index in [1.165, 1.54) is 16.9 Å². The number of fused-ring (bicyclic) bond motifs is 1. The van der Waals surface area contributed by atoms with Crippen LogP contribution in [0.15, 0.2) is 18.2 Å². The lowest BCUT2D eigenvalue weighted by atomic mass is 10.1. The smallest absolute Gasteiger partial charge is 0.111 e. The Morgan fingerprint density at radius 1 is 1.30 bits per heavy atom. The van der Waals surface area contributed by atoms with Crippen LogP contribution in [0.25, 0.3) is 11.0 Å². The molecule has 1 aromatic heterocycles. The fourth-order valence-corrected chi connectivity index (χ4v) is 2.42. The number of nitrogens with zero attached hydrogens (tertiary/aromatic N) is 3. The molecule has 1 heterocycles. The van der Waals surface area contributed by atoms with E-state index in [-0.39, 0.29) is 0 Å². The molecule has 0 atom stereocenters. The Morgan fingerprint density at radius 2 is 2.10 bits per heavy atom. The van der Waals surface area contributed by atoms with Gasteiger partial charge in [0.1, 0.15) is 5.82 Å². The molecule has 0 aliphatic heterocycles. The van der Waals surface area contributed by atoms with E-state index in [0.717, 1.165) is 38.0 Å². The predicted molar refractivity (Wildman–Crippen MR) is 85.3 cm³/mol. The number of rotatable bonds is 7. The molecule has 0 unspecified atom stereocenters. The SMILES string of the molecule is CCc1ccc2c(c1)nc(CCNC)n2CCN(C)C. The summed E-state index contributed by atoms with van der Waals surface area (Å²) >= 11 is 0. The van der Waals surface area contributed by atoms with E-state index in [1.807, 2.05) is 7.05 Å². The second-order valence-electron chi connectivity index (χ2n) is 5.51. The van der Waals surface area contributed by atoms with E-state index >= 15 is 0 Å². The van der Waals surface area contributed by atoms with Gasteiger partial charge in [0.05, 0.1) is 11.0 Å². The van der Waals surface area contributed by atoms with Gasteiger partial charge in [-0.3, -0.25) is 0 Å². The standard InChI is InChI=1S/C16H26N4/c1-5-13-6-7-15-14(12-13)18-16(8-9-17-2)20(15)11-10-19(3)4/h6-7,12,17H,5,8-11H2,1-4H3. The second-order valence-corrected chi connectivity index (χ2v) is 5.51. The fraction of sp³-hybridized carbons (Fsp3) is 0.562. The minimum absolute atomic E-state index is 0.964. The van der Waals surface area contributed by atoms with Crippen molar-refractivity contribution in [3.63, 3.8) is 0 Å². The topological polar surface area (TPSA) is 33.1 Å². The highest BCUT2D eigenvalue weighted by Gasteiger charge is 2.10. The molecule has 1 aromatic carbocycles. The number of aromatic nitrogens is 2. The van der Waals surface area contributed by atoms with E-state index < -0.39 is 0 Å². The summed E-state index contributed by atoms with van der Waals surface area (Å²) < 4.78 is 2.37. The Labute approximate surface area is 121 Å². The largest absolute Gasteiger partial charge is 0.327 e. The van der Waals surface area contributed by atoms with Gasteiger partial charge in [-0.25, -0.2) is 4.98 Å². The molecule has 0 aliphatic rings. The van der Waals surface area contributed by atoms with Gasteiger partial charge in [-0.1, -0.05) is 13.0 Å². The highest BCUT2D eigenvalue weighted by atomic mass is 15.1. The first-order valence-corrected chi connectivity index (χ1v) is 7.43. The number of nitrogens with one attached hydrogen (secondary N) is 1. The molecular formula is C16H26N4. The zero-order chi connectivity index (χ0) is 14.5. The van der Waals surface area contributed by atoms with E-state index in [9.17, 15) is 0 Å². The van der Waals surface area contributed by atoms with Crippen molar-refractivity contribution in [2.24, 2.45) is 0 Å². The van der Waals surface area contributed by atoms with Crippen LogP contribution in [0.1, 0.15) is 18.3 Å². The summed E-state index contributed by atoms with van der Waals surface area (Å²) in [5, 5.41) is 3.21. The van der Waals surface area contributed by atoms with Crippen molar-refractivity contribution < 1.29 is 0 Å². The molecule has 0 radical (unpaired) electrons. The minimum atomic E-state index is 0.964. The van der Waals surface area contributed by atoms with E-state index in [0.29, 0.717) is 0 Å². The number of hydrogen-bond acceptors (Lipinski definition) is 3. The molecule has 0 saturated heterocycles. The zero-order valence-corrected chi connectivity index (χ0v) is 13.1. The molecule has 4 nitrogen and oxygen atoms in total. The van der Waals surface area contributed by atoms with Crippen molar-refractivity contribution >= 4 is 11.0 Å². The van der Waals surface area contributed by atoms with Crippen molar-refractivity contribution in [3.8, 4) is 0 Å². The maximum Gasteiger partial charge on any atom is 0.111 e. The summed E-state index contributed by atoms with van der Waals surface area (Å²) in [6, 6.07) is 6.67. The third-order valence-electron chi connectivity index (χ3n) is 3.67. The molecule has 20 heavy (non-hydrogen) atoms. The zero-order valence-electron chi connectivity index (χ0n) is 13.1. The first kappa shape index (κ1) is 15.0. The average Bonchev–Trinajstić information content (AvgIpc) is 2.79. The molecule has 4 heteroatoms. The maximum atomic E-state index is 4.84. The van der Waals surface area contributed by atoms with Crippen LogP contribution in [-0.4, -0.2) is 48.7 Å². The summed E-state index contributed by atoms with van der Waals surface area (Å²) in [5.41, 5.74) is 3.75. The van der Waals surface area contributed by atoms with E-state index in [4.69, 9.17) is 4.98 Å². The number of aryl methyl sites for hydroxylation is 1. The lowest BCUT2D eigenvalue weighted by Crippen LogP contribution is -2.21. The summed E-state index contributed by atoms with van der Waals surface area (Å²) in [4.78, 5) is 7.06. The van der Waals surface area contributed by atoms with Gasteiger partial charge in [0, 0.05) is 26.1 Å². The lowest BCUT2D eigenvalue weighted by molar-refractivity contribution is 0.383. The van der Waals surface area contributed by atoms with Gasteiger partial charge in [0.25, 0.3) is 0 Å². The van der Waals surface area contributed by atoms with Crippen molar-refractivity contribution in [1.29, 1.82) is 0 Å². The fourth-order valence-electron chi connectivity index (χ4n) is 2.42. The number of benzene rings is 1. The monoisotopic (exact) mass is 274 g/mol. The van der Waals surface area contributed by atoms with E-state index in [1.54, 1.807) is 0 Å². The normalized spacial score (nSPS) is 11.7.